The molecule has 6 heteroatoms. The molecule has 17 heavy (non-hydrogen) atoms. The molecular weight excluding hydrogens is 242 g/mol. The SMILES string of the molecule is O=C(CCCl)Nc1nnc(-c2ccccc2)o1. The first-order valence-corrected chi connectivity index (χ1v) is 5.58. The van der Waals surface area contributed by atoms with Crippen molar-refractivity contribution in [2.45, 2.75) is 6.42 Å². The summed E-state index contributed by atoms with van der Waals surface area (Å²) in [5.41, 5.74) is 0.804. The molecule has 0 bridgehead atoms. The van der Waals surface area contributed by atoms with Gasteiger partial charge in [0.2, 0.25) is 11.8 Å². The molecule has 1 aromatic carbocycles. The van der Waals surface area contributed by atoms with Crippen LogP contribution >= 0.6 is 11.6 Å². The molecule has 1 heterocycles. The molecule has 0 radical (unpaired) electrons. The lowest BCUT2D eigenvalue weighted by Gasteiger charge is -1.96. The number of alkyl halides is 1. The Morgan fingerprint density at radius 3 is 2.76 bits per heavy atom. The Hall–Kier alpha value is -1.88. The summed E-state index contributed by atoms with van der Waals surface area (Å²) >= 11 is 5.44. The number of benzene rings is 1. The monoisotopic (exact) mass is 251 g/mol. The molecular formula is C11H10ClN3O2. The van der Waals surface area contributed by atoms with Crippen molar-refractivity contribution in [3.8, 4) is 11.5 Å². The van der Waals surface area contributed by atoms with Gasteiger partial charge in [-0.3, -0.25) is 10.1 Å². The highest BCUT2D eigenvalue weighted by molar-refractivity contribution is 6.19. The van der Waals surface area contributed by atoms with Crippen LogP contribution in [0.1, 0.15) is 6.42 Å². The number of rotatable bonds is 4. The van der Waals surface area contributed by atoms with Gasteiger partial charge in [0.25, 0.3) is 0 Å². The van der Waals surface area contributed by atoms with E-state index in [0.29, 0.717) is 5.89 Å². The number of hydrogen-bond donors (Lipinski definition) is 1. The van der Waals surface area contributed by atoms with Crippen LogP contribution in [0.3, 0.4) is 0 Å². The summed E-state index contributed by atoms with van der Waals surface area (Å²) in [6.45, 7) is 0. The predicted octanol–water partition coefficient (Wildman–Crippen LogP) is 2.30. The third kappa shape index (κ3) is 3.04. The topological polar surface area (TPSA) is 68.0 Å². The summed E-state index contributed by atoms with van der Waals surface area (Å²) < 4.78 is 5.29. The van der Waals surface area contributed by atoms with Crippen molar-refractivity contribution in [2.75, 3.05) is 11.2 Å². The number of carbonyl (C=O) groups excluding carboxylic acids is 1. The highest BCUT2D eigenvalue weighted by atomic mass is 35.5. The number of aromatic nitrogens is 2. The van der Waals surface area contributed by atoms with Crippen LogP contribution in [0.15, 0.2) is 34.7 Å². The van der Waals surface area contributed by atoms with Crippen LogP contribution in [-0.2, 0) is 4.79 Å². The van der Waals surface area contributed by atoms with E-state index in [2.05, 4.69) is 15.5 Å². The number of nitrogens with zero attached hydrogens (tertiary/aromatic N) is 2. The Bertz CT molecular complexity index is 498. The second-order valence-electron chi connectivity index (χ2n) is 3.27. The smallest absolute Gasteiger partial charge is 0.322 e. The standard InChI is InChI=1S/C11H10ClN3O2/c12-7-6-9(16)13-11-15-14-10(17-11)8-4-2-1-3-5-8/h1-5H,6-7H2,(H,13,15,16). The molecule has 1 N–H and O–H groups in total. The fourth-order valence-corrected chi connectivity index (χ4v) is 1.41. The van der Waals surface area contributed by atoms with E-state index in [9.17, 15) is 4.79 Å². The molecule has 0 saturated heterocycles. The molecule has 2 aromatic rings. The fourth-order valence-electron chi connectivity index (χ4n) is 1.24. The summed E-state index contributed by atoms with van der Waals surface area (Å²) in [5.74, 6) is 0.376. The first kappa shape index (κ1) is 11.6. The minimum Gasteiger partial charge on any atom is -0.403 e. The first-order chi connectivity index (χ1) is 8.29. The maximum absolute atomic E-state index is 11.2. The Balaban J connectivity index is 2.09. The summed E-state index contributed by atoms with van der Waals surface area (Å²) in [6.07, 6.45) is 0.213. The van der Waals surface area contributed by atoms with Crippen LogP contribution in [0.2, 0.25) is 0 Å². The van der Waals surface area contributed by atoms with Crippen LogP contribution in [0.25, 0.3) is 11.5 Å². The van der Waals surface area contributed by atoms with Crippen molar-refractivity contribution >= 4 is 23.5 Å². The van der Waals surface area contributed by atoms with E-state index in [1.54, 1.807) is 0 Å². The zero-order valence-electron chi connectivity index (χ0n) is 8.89. The van der Waals surface area contributed by atoms with Crippen LogP contribution in [-0.4, -0.2) is 22.0 Å². The van der Waals surface area contributed by atoms with Crippen LogP contribution in [0.5, 0.6) is 0 Å². The Kier molecular flexibility index (Phi) is 3.72. The minimum atomic E-state index is -0.247. The zero-order chi connectivity index (χ0) is 12.1. The number of carbonyl (C=O) groups is 1. The van der Waals surface area contributed by atoms with E-state index >= 15 is 0 Å². The van der Waals surface area contributed by atoms with Crippen molar-refractivity contribution in [3.05, 3.63) is 30.3 Å². The van der Waals surface area contributed by atoms with Gasteiger partial charge in [-0.05, 0) is 12.1 Å². The van der Waals surface area contributed by atoms with E-state index < -0.39 is 0 Å². The van der Waals surface area contributed by atoms with Gasteiger partial charge >= 0.3 is 6.01 Å². The van der Waals surface area contributed by atoms with Crippen molar-refractivity contribution in [1.29, 1.82) is 0 Å². The van der Waals surface area contributed by atoms with Crippen LogP contribution in [0.4, 0.5) is 6.01 Å². The lowest BCUT2D eigenvalue weighted by atomic mass is 10.2. The van der Waals surface area contributed by atoms with Crippen molar-refractivity contribution in [1.82, 2.24) is 10.2 Å². The molecule has 1 aromatic heterocycles. The van der Waals surface area contributed by atoms with Gasteiger partial charge < -0.3 is 4.42 Å². The normalized spacial score (nSPS) is 10.2. The Morgan fingerprint density at radius 1 is 1.29 bits per heavy atom. The third-order valence-electron chi connectivity index (χ3n) is 2.01. The number of amides is 1. The molecule has 0 aliphatic carbocycles. The summed E-state index contributed by atoms with van der Waals surface area (Å²) in [6, 6.07) is 9.40. The van der Waals surface area contributed by atoms with E-state index in [0.717, 1.165) is 5.56 Å². The lowest BCUT2D eigenvalue weighted by molar-refractivity contribution is -0.115. The number of halogens is 1. The van der Waals surface area contributed by atoms with Gasteiger partial charge in [-0.15, -0.1) is 16.7 Å². The van der Waals surface area contributed by atoms with Gasteiger partial charge in [0, 0.05) is 17.9 Å². The summed E-state index contributed by atoms with van der Waals surface area (Å²) in [7, 11) is 0. The third-order valence-corrected chi connectivity index (χ3v) is 2.20. The number of nitrogens with one attached hydrogen (secondary N) is 1. The summed E-state index contributed by atoms with van der Waals surface area (Å²) in [4.78, 5) is 11.2. The van der Waals surface area contributed by atoms with Gasteiger partial charge in [-0.1, -0.05) is 23.3 Å². The van der Waals surface area contributed by atoms with E-state index in [4.69, 9.17) is 16.0 Å². The number of hydrogen-bond acceptors (Lipinski definition) is 4. The van der Waals surface area contributed by atoms with Crippen molar-refractivity contribution in [2.24, 2.45) is 0 Å². The van der Waals surface area contributed by atoms with E-state index in [-0.39, 0.29) is 24.2 Å². The predicted molar refractivity (Wildman–Crippen MR) is 63.7 cm³/mol. The van der Waals surface area contributed by atoms with Gasteiger partial charge in [0.05, 0.1) is 0 Å². The Labute approximate surface area is 103 Å². The molecule has 0 fully saturated rings. The van der Waals surface area contributed by atoms with Gasteiger partial charge in [0.1, 0.15) is 0 Å². The summed E-state index contributed by atoms with van der Waals surface area (Å²) in [5, 5.41) is 10.0. The average molecular weight is 252 g/mol. The molecule has 88 valence electrons. The largest absolute Gasteiger partial charge is 0.403 e. The molecule has 0 aliphatic heterocycles. The molecule has 5 nitrogen and oxygen atoms in total. The highest BCUT2D eigenvalue weighted by Crippen LogP contribution is 2.18. The lowest BCUT2D eigenvalue weighted by Crippen LogP contribution is -2.11. The van der Waals surface area contributed by atoms with Gasteiger partial charge in [0.15, 0.2) is 0 Å². The molecule has 0 atom stereocenters. The number of anilines is 1. The molecule has 0 spiro atoms. The molecule has 1 amide bonds. The molecule has 2 rings (SSSR count). The molecule has 0 saturated carbocycles. The Morgan fingerprint density at radius 2 is 2.06 bits per heavy atom. The minimum absolute atomic E-state index is 0.0824. The maximum Gasteiger partial charge on any atom is 0.322 e. The zero-order valence-corrected chi connectivity index (χ0v) is 9.65. The van der Waals surface area contributed by atoms with E-state index in [1.165, 1.54) is 0 Å². The maximum atomic E-state index is 11.2. The highest BCUT2D eigenvalue weighted by Gasteiger charge is 2.10. The quantitative estimate of drug-likeness (QED) is 0.847. The average Bonchev–Trinajstić information content (AvgIpc) is 2.79. The van der Waals surface area contributed by atoms with Gasteiger partial charge in [-0.2, -0.15) is 0 Å². The fraction of sp³-hybridized carbons (Fsp3) is 0.182. The second kappa shape index (κ2) is 5.45. The van der Waals surface area contributed by atoms with E-state index in [1.807, 2.05) is 30.3 Å². The first-order valence-electron chi connectivity index (χ1n) is 5.04. The molecule has 0 aliphatic rings. The van der Waals surface area contributed by atoms with Crippen LogP contribution in [0, 0.1) is 0 Å². The second-order valence-corrected chi connectivity index (χ2v) is 3.64. The van der Waals surface area contributed by atoms with Gasteiger partial charge in [-0.25, -0.2) is 0 Å². The molecule has 0 unspecified atom stereocenters. The van der Waals surface area contributed by atoms with Crippen molar-refractivity contribution in [3.63, 3.8) is 0 Å². The van der Waals surface area contributed by atoms with Crippen molar-refractivity contribution < 1.29 is 9.21 Å². The van der Waals surface area contributed by atoms with Crippen LogP contribution < -0.4 is 5.32 Å².